The molecule has 32 nitrogen and oxygen atoms in total. The highest BCUT2D eigenvalue weighted by Gasteiger charge is 2.32. The number of aromatic nitrogens is 4. The van der Waals surface area contributed by atoms with Gasteiger partial charge in [0.1, 0.15) is 44.2 Å². The average molecular weight is 1980 g/mol. The summed E-state index contributed by atoms with van der Waals surface area (Å²) in [5, 5.41) is 26.4. The first-order chi connectivity index (χ1) is 68.1. The Hall–Kier alpha value is -13.1. The minimum Gasteiger partial charge on any atom is -0.474 e. The smallest absolute Gasteiger partial charge is 0.354 e. The summed E-state index contributed by atoms with van der Waals surface area (Å²) in [6.45, 7) is 10.0. The third kappa shape index (κ3) is 26.6. The van der Waals surface area contributed by atoms with Crippen LogP contribution in [0.5, 0.6) is 23.5 Å². The van der Waals surface area contributed by atoms with Gasteiger partial charge >= 0.3 is 24.1 Å². The van der Waals surface area contributed by atoms with Gasteiger partial charge in [0.25, 0.3) is 0 Å². The number of aryl methyl sites for hydroxylation is 5. The Bertz CT molecular complexity index is 6830. The number of hydrogen-bond donors (Lipinski definition) is 9. The molecule has 4 saturated heterocycles. The predicted octanol–water partition coefficient (Wildman–Crippen LogP) is 17.7. The van der Waals surface area contributed by atoms with E-state index in [9.17, 15) is 36.0 Å². The third-order valence-corrected chi connectivity index (χ3v) is 31.5. The molecule has 4 fully saturated rings. The van der Waals surface area contributed by atoms with Crippen molar-refractivity contribution in [2.24, 2.45) is 13.9 Å². The summed E-state index contributed by atoms with van der Waals surface area (Å²) in [5.41, 5.74) is 20.1. The quantitative estimate of drug-likeness (QED) is 0.0285. The summed E-state index contributed by atoms with van der Waals surface area (Å²) >= 11 is 0. The summed E-state index contributed by atoms with van der Waals surface area (Å²) in [5.74, 6) is 2.29. The fraction of sp³-hybridized carbons (Fsp3) is 0.362. The number of pyridine rings is 4. The molecule has 19 rings (SSSR count). The van der Waals surface area contributed by atoms with Crippen molar-refractivity contribution >= 4 is 87.6 Å². The summed E-state index contributed by atoms with van der Waals surface area (Å²) in [6, 6.07) is 53.0. The van der Waals surface area contributed by atoms with Crippen LogP contribution in [-0.4, -0.2) is 192 Å². The number of anilines is 4. The summed E-state index contributed by atoms with van der Waals surface area (Å²) in [7, 11) is -3.19. The highest BCUT2D eigenvalue weighted by Crippen LogP contribution is 2.45. The molecular formula is C105H122N20O12S4. The molecule has 8 aliphatic rings. The molecule has 10 N–H and O–H groups in total. The second-order valence-electron chi connectivity index (χ2n) is 36.9. The maximum Gasteiger partial charge on any atom is 0.354 e. The van der Waals surface area contributed by atoms with Gasteiger partial charge in [-0.3, -0.25) is 4.72 Å². The first-order valence-electron chi connectivity index (χ1n) is 48.0. The van der Waals surface area contributed by atoms with Crippen molar-refractivity contribution in [2.45, 2.75) is 174 Å². The topological polar surface area (TPSA) is 421 Å². The molecule has 36 heteroatoms. The van der Waals surface area contributed by atoms with Gasteiger partial charge < -0.3 is 59.8 Å². The number of likely N-dealkylation sites (tertiary alicyclic amines) is 4. The lowest BCUT2D eigenvalue weighted by atomic mass is 9.93. The van der Waals surface area contributed by atoms with Gasteiger partial charge in [-0.15, -0.1) is 8.73 Å². The zero-order chi connectivity index (χ0) is 98.7. The van der Waals surface area contributed by atoms with Crippen molar-refractivity contribution in [1.82, 2.24) is 53.7 Å². The van der Waals surface area contributed by atoms with Crippen LogP contribution in [0.15, 0.2) is 230 Å². The van der Waals surface area contributed by atoms with Crippen LogP contribution in [0.25, 0.3) is 44.5 Å². The van der Waals surface area contributed by atoms with Crippen LogP contribution in [-0.2, 0) is 92.1 Å². The van der Waals surface area contributed by atoms with Crippen LogP contribution in [0.1, 0.15) is 127 Å². The first kappa shape index (κ1) is 101. The van der Waals surface area contributed by atoms with E-state index >= 15 is 0 Å². The molecule has 4 unspecified atom stereocenters. The van der Waals surface area contributed by atoms with Crippen LogP contribution in [0, 0.1) is 23.2 Å². The van der Waals surface area contributed by atoms with Gasteiger partial charge in [0.15, 0.2) is 20.9 Å². The lowest BCUT2D eigenvalue weighted by molar-refractivity contribution is 0.110. The summed E-state index contributed by atoms with van der Waals surface area (Å²) in [6.07, 6.45) is 29.2. The fourth-order valence-electron chi connectivity index (χ4n) is 19.3. The van der Waals surface area contributed by atoms with Gasteiger partial charge in [-0.1, -0.05) is 97.1 Å². The van der Waals surface area contributed by atoms with E-state index in [4.69, 9.17) is 34.1 Å². The minimum atomic E-state index is -3.49. The number of benzene rings is 7. The van der Waals surface area contributed by atoms with Gasteiger partial charge in [0.05, 0.1) is 37.4 Å². The number of carbonyl (C=O) groups excluding carboxylic acids is 4. The molecule has 8 heterocycles. The minimum absolute atomic E-state index is 0.130. The largest absolute Gasteiger partial charge is 0.474 e. The van der Waals surface area contributed by atoms with Crippen LogP contribution in [0.4, 0.5) is 41.9 Å². The number of piperidine rings is 4. The van der Waals surface area contributed by atoms with E-state index < -0.39 is 64.9 Å². The number of rotatable bonds is 22. The number of nitrogens with zero attached hydrogens (tertiary/aromatic N) is 11. The number of urea groups is 4. The molecule has 738 valence electrons. The lowest BCUT2D eigenvalue weighted by Crippen LogP contribution is -2.35. The molecule has 7 aromatic carbocycles. The van der Waals surface area contributed by atoms with Gasteiger partial charge in [-0.25, -0.2) is 75.3 Å². The van der Waals surface area contributed by atoms with Crippen LogP contribution in [0.3, 0.4) is 0 Å². The van der Waals surface area contributed by atoms with Crippen molar-refractivity contribution in [3.8, 4) is 74.2 Å². The molecular weight excluding hydrogens is 1860 g/mol. The average Bonchev–Trinajstić information content (AvgIpc) is 1.73. The molecule has 4 atom stereocenters. The van der Waals surface area contributed by atoms with Crippen LogP contribution >= 0.6 is 0 Å². The third-order valence-electron chi connectivity index (χ3n) is 26.6. The Morgan fingerprint density at radius 1 is 0.433 bits per heavy atom. The maximum absolute atomic E-state index is 13.0. The highest BCUT2D eigenvalue weighted by molar-refractivity contribution is 7.92. The Kier molecular flexibility index (Phi) is 33.3. The van der Waals surface area contributed by atoms with Gasteiger partial charge in [-0.05, 0) is 297 Å². The van der Waals surface area contributed by atoms with E-state index in [1.54, 1.807) is 110 Å². The number of hydrogen-bond acceptors (Lipinski definition) is 23. The zero-order valence-corrected chi connectivity index (χ0v) is 83.5. The van der Waals surface area contributed by atoms with Gasteiger partial charge in [0.2, 0.25) is 29.7 Å². The molecule has 4 aliphatic carbocycles. The molecule has 11 aromatic rings. The number of nitrogens with two attached hydrogens (primary N) is 1. The monoisotopic (exact) mass is 1980 g/mol. The van der Waals surface area contributed by atoms with E-state index in [0.29, 0.717) is 50.4 Å². The van der Waals surface area contributed by atoms with Crippen molar-refractivity contribution in [2.75, 3.05) is 108 Å². The van der Waals surface area contributed by atoms with E-state index in [-0.39, 0.29) is 29.3 Å². The Morgan fingerprint density at radius 2 is 0.773 bits per heavy atom. The molecule has 0 bridgehead atoms. The summed E-state index contributed by atoms with van der Waals surface area (Å²) < 4.78 is 98.2. The Balaban J connectivity index is 0.000000135. The number of carbonyl (C=O) groups is 4. The number of fused-ring (bicyclic) bond motifs is 4. The molecule has 0 radical (unpaired) electrons. The molecule has 0 saturated carbocycles. The first-order valence-corrected chi connectivity index (χ1v) is 54.2. The molecule has 0 spiro atoms. The van der Waals surface area contributed by atoms with E-state index in [1.165, 1.54) is 34.7 Å². The number of amides is 8. The number of nitriles is 1. The second-order valence-corrected chi connectivity index (χ2v) is 43.7. The molecule has 4 aliphatic heterocycles. The van der Waals surface area contributed by atoms with Crippen molar-refractivity contribution < 1.29 is 55.0 Å². The van der Waals surface area contributed by atoms with Gasteiger partial charge in [-0.2, -0.15) is 5.26 Å². The van der Waals surface area contributed by atoms with E-state index in [2.05, 4.69) is 136 Å². The molecule has 141 heavy (non-hydrogen) atoms. The second kappa shape index (κ2) is 46.5. The van der Waals surface area contributed by atoms with E-state index in [0.717, 1.165) is 259 Å². The highest BCUT2D eigenvalue weighted by atomic mass is 32.2. The standard InChI is InChI=1S/2C27H31N5O3S.C27H30N4O3S.C24H30N6O3S/c2*1-32-16-13-21(14-17-32)35-25-18-20(12-15-29-25)24-11-10-19-6-5-9-23(19)26(24)30-27(33)31-36(28,34)22-7-3-2-4-8-22;1-31-16-13-21(14-17-31)34-25-18-20(12-15-28-25)24-11-10-19-6-5-9-23(19)26(24)29-27(32)30-35(33)22-7-3-2-4-8-22;1-16-13-17-5-4-6-20(17)23(28-24(31)29-34(3,32)27-15-25)22(16)18-7-10-26-21(14-18)33-19-8-11-30(2)12-9-19/h2*2-4,7-8,10-12,15,18,21H,5-6,9,13-14,16-17H2,1H3,(H3,28,30,31,33,34);2-4,7-8,10-12,15,18,21H,5-6,9,13-14,16-17H2,1H3,(H2,29,30,32);7,10,13-14,19H,4-6,8-9,11-12H2,1-3H3,(H2,27,28,29,31,32). The Morgan fingerprint density at radius 3 is 1.18 bits per heavy atom. The van der Waals surface area contributed by atoms with Crippen LogP contribution < -0.4 is 59.5 Å². The SMILES string of the molecule is CN1CCC(Oc2cc(-c3ccc4c(c3NC(=O)N=S(N)(=O)c3ccccc3)CCC4)ccn2)CC1.CN1CCC(Oc2cc(-c3ccc4c(c3NC(=O)NS(=N)(=O)c3ccccc3)CCC4)ccn2)CC1.CN1CCC(Oc2cc(-c3ccc4c(c3NC(=O)NS(=O)c3ccccc3)CCC4)ccn2)CC1.Cc1cc2c(c(NC(=O)NS(C)(=O)=NC#N)c1-c1ccnc(OC3CCN(C)CC3)c1)CCC2. The maximum atomic E-state index is 13.0. The van der Waals surface area contributed by atoms with Crippen molar-refractivity contribution in [3.05, 3.63) is 257 Å². The number of nitrogens with one attached hydrogen (secondary N) is 8. The summed E-state index contributed by atoms with van der Waals surface area (Å²) in [4.78, 5) is 79.6. The molecule has 8 amide bonds. The van der Waals surface area contributed by atoms with E-state index in [1.807, 2.05) is 79.7 Å². The normalized spacial score (nSPS) is 17.5. The Labute approximate surface area is 828 Å². The lowest BCUT2D eigenvalue weighted by Gasteiger charge is -2.29. The van der Waals surface area contributed by atoms with Crippen LogP contribution in [0.2, 0.25) is 0 Å². The molecule has 4 aromatic heterocycles. The van der Waals surface area contributed by atoms with Crippen molar-refractivity contribution in [3.63, 3.8) is 0 Å². The predicted molar refractivity (Wildman–Crippen MR) is 552 cm³/mol. The number of ether oxygens (including phenoxy) is 4. The van der Waals surface area contributed by atoms with Crippen molar-refractivity contribution in [1.29, 1.82) is 10.0 Å². The van der Waals surface area contributed by atoms with Gasteiger partial charge in [0, 0.05) is 130 Å². The fourth-order valence-corrected chi connectivity index (χ4v) is 22.6. The zero-order valence-electron chi connectivity index (χ0n) is 80.3.